The van der Waals surface area contributed by atoms with Crippen molar-refractivity contribution in [3.63, 3.8) is 0 Å². The van der Waals surface area contributed by atoms with Gasteiger partial charge in [0.15, 0.2) is 11.5 Å². The number of amides is 1. The van der Waals surface area contributed by atoms with Crippen molar-refractivity contribution < 1.29 is 4.79 Å². The Kier molecular flexibility index (Phi) is 3.58. The number of aryl methyl sites for hydroxylation is 2. The average molecular weight is 348 g/mol. The second kappa shape index (κ2) is 6.09. The van der Waals surface area contributed by atoms with Crippen LogP contribution in [-0.4, -0.2) is 45.9 Å². The van der Waals surface area contributed by atoms with Gasteiger partial charge >= 0.3 is 0 Å². The average Bonchev–Trinajstić information content (AvgIpc) is 3.26. The van der Waals surface area contributed by atoms with Gasteiger partial charge in [0.1, 0.15) is 0 Å². The standard InChI is InChI=1S/C19H20N6O/c26-19(18-14-5-1-2-6-16(14)22-24-18)20-9-12-10-25(11-12)17-8-13-4-3-7-15(13)21-23-17/h1-2,5-6,8,12H,3-4,7,9-11H2,(H,20,26)(H,22,24). The number of H-pyrrole nitrogens is 1. The van der Waals surface area contributed by atoms with Crippen molar-refractivity contribution in [3.8, 4) is 0 Å². The maximum absolute atomic E-state index is 12.4. The summed E-state index contributed by atoms with van der Waals surface area (Å²) in [5, 5.41) is 19.6. The van der Waals surface area contributed by atoms with E-state index in [2.05, 4.69) is 36.7 Å². The van der Waals surface area contributed by atoms with Crippen LogP contribution in [0.15, 0.2) is 30.3 Å². The number of aromatic nitrogens is 4. The molecule has 1 aliphatic heterocycles. The van der Waals surface area contributed by atoms with Crippen LogP contribution in [0.2, 0.25) is 0 Å². The Morgan fingerprint density at radius 3 is 3.04 bits per heavy atom. The summed E-state index contributed by atoms with van der Waals surface area (Å²) >= 11 is 0. The molecule has 1 fully saturated rings. The van der Waals surface area contributed by atoms with Gasteiger partial charge in [0.25, 0.3) is 5.91 Å². The third kappa shape index (κ3) is 2.60. The maximum atomic E-state index is 12.4. The summed E-state index contributed by atoms with van der Waals surface area (Å²) in [7, 11) is 0. The number of hydrogen-bond acceptors (Lipinski definition) is 5. The molecule has 1 aromatic carbocycles. The van der Waals surface area contributed by atoms with Gasteiger partial charge in [-0.1, -0.05) is 18.2 Å². The number of nitrogens with zero attached hydrogens (tertiary/aromatic N) is 4. The van der Waals surface area contributed by atoms with E-state index < -0.39 is 0 Å². The maximum Gasteiger partial charge on any atom is 0.272 e. The minimum atomic E-state index is -0.127. The molecule has 1 amide bonds. The molecule has 2 N–H and O–H groups in total. The van der Waals surface area contributed by atoms with Gasteiger partial charge in [-0.15, -0.1) is 5.10 Å². The number of nitrogens with one attached hydrogen (secondary N) is 2. The SMILES string of the molecule is O=C(NCC1CN(c2cc3c(nn2)CCC3)C1)c1n[nH]c2ccccc12. The first-order valence-corrected chi connectivity index (χ1v) is 9.09. The molecule has 0 spiro atoms. The Hall–Kier alpha value is -2.96. The highest BCUT2D eigenvalue weighted by atomic mass is 16.1. The van der Waals surface area contributed by atoms with Crippen molar-refractivity contribution in [3.05, 3.63) is 47.3 Å². The number of anilines is 1. The van der Waals surface area contributed by atoms with Crippen LogP contribution in [0.1, 0.15) is 28.2 Å². The highest BCUT2D eigenvalue weighted by molar-refractivity contribution is 6.04. The number of aromatic amines is 1. The number of carbonyl (C=O) groups excluding carboxylic acids is 1. The van der Waals surface area contributed by atoms with Gasteiger partial charge in [-0.3, -0.25) is 9.89 Å². The van der Waals surface area contributed by atoms with Crippen LogP contribution < -0.4 is 10.2 Å². The summed E-state index contributed by atoms with van der Waals surface area (Å²) in [5.74, 6) is 1.27. The molecule has 132 valence electrons. The lowest BCUT2D eigenvalue weighted by molar-refractivity contribution is 0.0941. The van der Waals surface area contributed by atoms with Gasteiger partial charge in [0.05, 0.1) is 11.2 Å². The number of rotatable bonds is 4. The Balaban J connectivity index is 1.17. The molecule has 5 rings (SSSR count). The first kappa shape index (κ1) is 15.3. The largest absolute Gasteiger partial charge is 0.354 e. The molecule has 1 aliphatic carbocycles. The van der Waals surface area contributed by atoms with E-state index in [4.69, 9.17) is 0 Å². The van der Waals surface area contributed by atoms with Gasteiger partial charge in [0, 0.05) is 30.9 Å². The molecule has 0 unspecified atom stereocenters. The molecule has 2 aromatic heterocycles. The first-order chi connectivity index (χ1) is 12.8. The Morgan fingerprint density at radius 2 is 2.12 bits per heavy atom. The van der Waals surface area contributed by atoms with E-state index in [-0.39, 0.29) is 5.91 Å². The molecule has 3 heterocycles. The Labute approximate surface area is 150 Å². The molecule has 2 aliphatic rings. The van der Waals surface area contributed by atoms with Gasteiger partial charge < -0.3 is 10.2 Å². The van der Waals surface area contributed by atoms with Crippen molar-refractivity contribution in [2.24, 2.45) is 5.92 Å². The summed E-state index contributed by atoms with van der Waals surface area (Å²) in [4.78, 5) is 14.6. The van der Waals surface area contributed by atoms with E-state index in [9.17, 15) is 4.79 Å². The molecule has 3 aromatic rings. The van der Waals surface area contributed by atoms with E-state index in [1.807, 2.05) is 24.3 Å². The summed E-state index contributed by atoms with van der Waals surface area (Å²) in [6, 6.07) is 9.84. The Morgan fingerprint density at radius 1 is 1.23 bits per heavy atom. The zero-order valence-electron chi connectivity index (χ0n) is 14.4. The molecule has 0 bridgehead atoms. The first-order valence-electron chi connectivity index (χ1n) is 9.09. The molecule has 0 radical (unpaired) electrons. The second-order valence-electron chi connectivity index (χ2n) is 7.13. The third-order valence-corrected chi connectivity index (χ3v) is 5.32. The van der Waals surface area contributed by atoms with Crippen LogP contribution >= 0.6 is 0 Å². The minimum Gasteiger partial charge on any atom is -0.354 e. The van der Waals surface area contributed by atoms with Crippen molar-refractivity contribution in [2.75, 3.05) is 24.5 Å². The van der Waals surface area contributed by atoms with Gasteiger partial charge in [-0.2, -0.15) is 10.2 Å². The van der Waals surface area contributed by atoms with E-state index in [1.54, 1.807) is 0 Å². The van der Waals surface area contributed by atoms with Crippen LogP contribution in [0, 0.1) is 5.92 Å². The summed E-state index contributed by atoms with van der Waals surface area (Å²) < 4.78 is 0. The second-order valence-corrected chi connectivity index (χ2v) is 7.13. The number of hydrogen-bond donors (Lipinski definition) is 2. The lowest BCUT2D eigenvalue weighted by Crippen LogP contribution is -2.52. The van der Waals surface area contributed by atoms with E-state index >= 15 is 0 Å². The number of fused-ring (bicyclic) bond motifs is 2. The fourth-order valence-electron chi connectivity index (χ4n) is 3.81. The predicted octanol–water partition coefficient (Wildman–Crippen LogP) is 1.71. The normalized spacial score (nSPS) is 16.5. The van der Waals surface area contributed by atoms with E-state index in [1.165, 1.54) is 12.0 Å². The molecule has 0 saturated carbocycles. The highest BCUT2D eigenvalue weighted by Gasteiger charge is 2.29. The zero-order valence-corrected chi connectivity index (χ0v) is 14.4. The van der Waals surface area contributed by atoms with E-state index in [0.717, 1.165) is 48.3 Å². The molecule has 7 heteroatoms. The van der Waals surface area contributed by atoms with Crippen molar-refractivity contribution in [1.29, 1.82) is 0 Å². The summed E-state index contributed by atoms with van der Waals surface area (Å²) in [6.45, 7) is 2.44. The molecular weight excluding hydrogens is 328 g/mol. The lowest BCUT2D eigenvalue weighted by atomic mass is 10.00. The quantitative estimate of drug-likeness (QED) is 0.749. The number of carbonyl (C=O) groups is 1. The van der Waals surface area contributed by atoms with Gasteiger partial charge in [-0.25, -0.2) is 0 Å². The predicted molar refractivity (Wildman–Crippen MR) is 98.2 cm³/mol. The lowest BCUT2D eigenvalue weighted by Gasteiger charge is -2.40. The molecule has 1 saturated heterocycles. The molecule has 26 heavy (non-hydrogen) atoms. The monoisotopic (exact) mass is 348 g/mol. The zero-order chi connectivity index (χ0) is 17.5. The highest BCUT2D eigenvalue weighted by Crippen LogP contribution is 2.27. The smallest absolute Gasteiger partial charge is 0.272 e. The van der Waals surface area contributed by atoms with Gasteiger partial charge in [-0.05, 0) is 37.0 Å². The summed E-state index contributed by atoms with van der Waals surface area (Å²) in [6.07, 6.45) is 3.35. The van der Waals surface area contributed by atoms with Crippen molar-refractivity contribution in [2.45, 2.75) is 19.3 Å². The fourth-order valence-corrected chi connectivity index (χ4v) is 3.81. The van der Waals surface area contributed by atoms with Crippen LogP contribution in [0.5, 0.6) is 0 Å². The Bertz CT molecular complexity index is 975. The van der Waals surface area contributed by atoms with Crippen LogP contribution in [0.4, 0.5) is 5.82 Å². The van der Waals surface area contributed by atoms with Crippen molar-refractivity contribution >= 4 is 22.6 Å². The minimum absolute atomic E-state index is 0.127. The topological polar surface area (TPSA) is 86.8 Å². The van der Waals surface area contributed by atoms with Crippen LogP contribution in [-0.2, 0) is 12.8 Å². The van der Waals surface area contributed by atoms with Gasteiger partial charge in [0.2, 0.25) is 0 Å². The van der Waals surface area contributed by atoms with Crippen LogP contribution in [0.3, 0.4) is 0 Å². The molecular formula is C19H20N6O. The number of benzene rings is 1. The number of para-hydroxylation sites is 1. The van der Waals surface area contributed by atoms with Crippen molar-refractivity contribution in [1.82, 2.24) is 25.7 Å². The van der Waals surface area contributed by atoms with Crippen LogP contribution in [0.25, 0.3) is 10.9 Å². The van der Waals surface area contributed by atoms with E-state index in [0.29, 0.717) is 18.2 Å². The summed E-state index contributed by atoms with van der Waals surface area (Å²) in [5.41, 5.74) is 3.84. The fraction of sp³-hybridized carbons (Fsp3) is 0.368. The molecule has 0 atom stereocenters. The molecule has 7 nitrogen and oxygen atoms in total. The third-order valence-electron chi connectivity index (χ3n) is 5.32.